The Hall–Kier alpha value is -2.88. The van der Waals surface area contributed by atoms with Gasteiger partial charge in [-0.05, 0) is 18.2 Å². The molecule has 3 aromatic rings. The van der Waals surface area contributed by atoms with Gasteiger partial charge in [0.25, 0.3) is 0 Å². The molecule has 0 atom stereocenters. The van der Waals surface area contributed by atoms with Crippen LogP contribution in [0.1, 0.15) is 17.7 Å². The standard InChI is InChI=1S/C20H18FNO2/c21-18-9-5-4-8-16(18)14-22-20(23)13-11-17-10-12-19(24-17)15-6-2-1-3-7-15/h1-10,12H,11,13-14H2,(H,22,23). The number of halogens is 1. The number of nitrogens with one attached hydrogen (secondary N) is 1. The summed E-state index contributed by atoms with van der Waals surface area (Å²) in [7, 11) is 0. The number of amides is 1. The first-order valence-corrected chi connectivity index (χ1v) is 7.86. The molecular weight excluding hydrogens is 305 g/mol. The van der Waals surface area contributed by atoms with E-state index in [1.165, 1.54) is 6.07 Å². The third-order valence-corrected chi connectivity index (χ3v) is 3.75. The van der Waals surface area contributed by atoms with Gasteiger partial charge >= 0.3 is 0 Å². The molecule has 24 heavy (non-hydrogen) atoms. The number of benzene rings is 2. The topological polar surface area (TPSA) is 42.2 Å². The summed E-state index contributed by atoms with van der Waals surface area (Å²) in [6, 6.07) is 20.0. The lowest BCUT2D eigenvalue weighted by Gasteiger charge is -2.05. The van der Waals surface area contributed by atoms with Crippen molar-refractivity contribution in [3.8, 4) is 11.3 Å². The highest BCUT2D eigenvalue weighted by atomic mass is 19.1. The molecular formula is C20H18FNO2. The Morgan fingerprint density at radius 2 is 1.71 bits per heavy atom. The van der Waals surface area contributed by atoms with Crippen molar-refractivity contribution in [3.63, 3.8) is 0 Å². The first-order valence-electron chi connectivity index (χ1n) is 7.86. The summed E-state index contributed by atoms with van der Waals surface area (Å²) in [5.74, 6) is 1.11. The number of carbonyl (C=O) groups excluding carboxylic acids is 1. The van der Waals surface area contributed by atoms with Crippen molar-refractivity contribution in [2.75, 3.05) is 0 Å². The van der Waals surface area contributed by atoms with E-state index in [1.807, 2.05) is 42.5 Å². The number of furan rings is 1. The van der Waals surface area contributed by atoms with Gasteiger partial charge in [-0.2, -0.15) is 0 Å². The van der Waals surface area contributed by atoms with Gasteiger partial charge in [0.05, 0.1) is 0 Å². The summed E-state index contributed by atoms with van der Waals surface area (Å²) < 4.78 is 19.3. The fourth-order valence-electron chi connectivity index (χ4n) is 2.43. The Labute approximate surface area is 140 Å². The summed E-state index contributed by atoms with van der Waals surface area (Å²) in [4.78, 5) is 11.9. The number of hydrogen-bond acceptors (Lipinski definition) is 2. The Balaban J connectivity index is 1.50. The van der Waals surface area contributed by atoms with Gasteiger partial charge in [0.1, 0.15) is 17.3 Å². The Morgan fingerprint density at radius 1 is 0.958 bits per heavy atom. The van der Waals surface area contributed by atoms with E-state index in [9.17, 15) is 9.18 Å². The molecule has 4 heteroatoms. The van der Waals surface area contributed by atoms with Crippen LogP contribution in [-0.2, 0) is 17.8 Å². The lowest BCUT2D eigenvalue weighted by atomic mass is 10.2. The van der Waals surface area contributed by atoms with Gasteiger partial charge < -0.3 is 9.73 Å². The molecule has 0 spiro atoms. The molecule has 3 rings (SSSR count). The average molecular weight is 323 g/mol. The zero-order valence-corrected chi connectivity index (χ0v) is 13.2. The third kappa shape index (κ3) is 4.10. The van der Waals surface area contributed by atoms with Crippen LogP contribution < -0.4 is 5.32 Å². The summed E-state index contributed by atoms with van der Waals surface area (Å²) in [5.41, 5.74) is 1.49. The molecule has 0 aliphatic carbocycles. The zero-order chi connectivity index (χ0) is 16.8. The fourth-order valence-corrected chi connectivity index (χ4v) is 2.43. The smallest absolute Gasteiger partial charge is 0.220 e. The lowest BCUT2D eigenvalue weighted by Crippen LogP contribution is -2.23. The second-order valence-corrected chi connectivity index (χ2v) is 5.50. The molecule has 0 saturated heterocycles. The van der Waals surface area contributed by atoms with E-state index in [-0.39, 0.29) is 18.3 Å². The number of rotatable bonds is 6. The van der Waals surface area contributed by atoms with Crippen molar-refractivity contribution >= 4 is 5.91 Å². The minimum atomic E-state index is -0.309. The molecule has 0 aliphatic rings. The molecule has 1 aromatic heterocycles. The van der Waals surface area contributed by atoms with Crippen LogP contribution >= 0.6 is 0 Å². The maximum atomic E-state index is 13.5. The molecule has 3 nitrogen and oxygen atoms in total. The molecule has 2 aromatic carbocycles. The monoisotopic (exact) mass is 323 g/mol. The molecule has 0 aliphatic heterocycles. The lowest BCUT2D eigenvalue weighted by molar-refractivity contribution is -0.121. The van der Waals surface area contributed by atoms with Crippen molar-refractivity contribution in [1.29, 1.82) is 0 Å². The summed E-state index contributed by atoms with van der Waals surface area (Å²) in [6.45, 7) is 0.193. The Kier molecular flexibility index (Phi) is 5.06. The van der Waals surface area contributed by atoms with E-state index in [0.717, 1.165) is 17.1 Å². The van der Waals surface area contributed by atoms with E-state index in [1.54, 1.807) is 18.2 Å². The largest absolute Gasteiger partial charge is 0.461 e. The summed E-state index contributed by atoms with van der Waals surface area (Å²) in [6.07, 6.45) is 0.812. The molecule has 1 heterocycles. The number of hydrogen-bond donors (Lipinski definition) is 1. The molecule has 0 bridgehead atoms. The van der Waals surface area contributed by atoms with Gasteiger partial charge in [-0.15, -0.1) is 0 Å². The quantitative estimate of drug-likeness (QED) is 0.733. The van der Waals surface area contributed by atoms with Crippen LogP contribution in [0, 0.1) is 5.82 Å². The van der Waals surface area contributed by atoms with E-state index < -0.39 is 0 Å². The van der Waals surface area contributed by atoms with Crippen LogP contribution in [0.5, 0.6) is 0 Å². The van der Waals surface area contributed by atoms with Crippen molar-refractivity contribution in [2.24, 2.45) is 0 Å². The van der Waals surface area contributed by atoms with Crippen LogP contribution in [0.25, 0.3) is 11.3 Å². The minimum absolute atomic E-state index is 0.129. The predicted octanol–water partition coefficient (Wildman–Crippen LogP) is 4.33. The van der Waals surface area contributed by atoms with Crippen molar-refractivity contribution in [3.05, 3.63) is 83.9 Å². The van der Waals surface area contributed by atoms with Gasteiger partial charge in [-0.25, -0.2) is 4.39 Å². The molecule has 0 unspecified atom stereocenters. The number of aryl methyl sites for hydroxylation is 1. The molecule has 0 radical (unpaired) electrons. The van der Waals surface area contributed by atoms with Crippen LogP contribution in [0.15, 0.2) is 71.1 Å². The highest BCUT2D eigenvalue weighted by Gasteiger charge is 2.08. The highest BCUT2D eigenvalue weighted by molar-refractivity contribution is 5.76. The van der Waals surface area contributed by atoms with Crippen molar-refractivity contribution in [1.82, 2.24) is 5.32 Å². The first kappa shape index (κ1) is 16.0. The maximum absolute atomic E-state index is 13.5. The fraction of sp³-hybridized carbons (Fsp3) is 0.150. The highest BCUT2D eigenvalue weighted by Crippen LogP contribution is 2.22. The average Bonchev–Trinajstić information content (AvgIpc) is 3.09. The van der Waals surface area contributed by atoms with E-state index in [0.29, 0.717) is 18.4 Å². The van der Waals surface area contributed by atoms with Crippen molar-refractivity contribution < 1.29 is 13.6 Å². The van der Waals surface area contributed by atoms with Gasteiger partial charge in [0, 0.05) is 30.5 Å². The van der Waals surface area contributed by atoms with E-state index in [4.69, 9.17) is 4.42 Å². The van der Waals surface area contributed by atoms with E-state index >= 15 is 0 Å². The summed E-state index contributed by atoms with van der Waals surface area (Å²) in [5, 5.41) is 2.73. The predicted molar refractivity (Wildman–Crippen MR) is 90.7 cm³/mol. The van der Waals surface area contributed by atoms with Gasteiger partial charge in [-0.1, -0.05) is 48.5 Å². The second-order valence-electron chi connectivity index (χ2n) is 5.50. The van der Waals surface area contributed by atoms with Crippen molar-refractivity contribution in [2.45, 2.75) is 19.4 Å². The van der Waals surface area contributed by atoms with Gasteiger partial charge in [0.2, 0.25) is 5.91 Å². The molecule has 1 amide bonds. The zero-order valence-electron chi connectivity index (χ0n) is 13.2. The Morgan fingerprint density at radius 3 is 2.50 bits per heavy atom. The molecule has 122 valence electrons. The first-order chi connectivity index (χ1) is 11.7. The SMILES string of the molecule is O=C(CCc1ccc(-c2ccccc2)o1)NCc1ccccc1F. The minimum Gasteiger partial charge on any atom is -0.461 e. The molecule has 0 fully saturated rings. The third-order valence-electron chi connectivity index (χ3n) is 3.75. The molecule has 0 saturated carbocycles. The van der Waals surface area contributed by atoms with Gasteiger partial charge in [-0.3, -0.25) is 4.79 Å². The summed E-state index contributed by atoms with van der Waals surface area (Å²) >= 11 is 0. The normalized spacial score (nSPS) is 10.5. The van der Waals surface area contributed by atoms with E-state index in [2.05, 4.69) is 5.32 Å². The Bertz CT molecular complexity index is 811. The maximum Gasteiger partial charge on any atom is 0.220 e. The molecule has 1 N–H and O–H groups in total. The van der Waals surface area contributed by atoms with Crippen LogP contribution in [0.4, 0.5) is 4.39 Å². The van der Waals surface area contributed by atoms with Gasteiger partial charge in [0.15, 0.2) is 0 Å². The number of carbonyl (C=O) groups is 1. The van der Waals surface area contributed by atoms with Crippen LogP contribution in [0.3, 0.4) is 0 Å². The van der Waals surface area contributed by atoms with Crippen LogP contribution in [0.2, 0.25) is 0 Å². The second kappa shape index (κ2) is 7.59. The van der Waals surface area contributed by atoms with Crippen LogP contribution in [-0.4, -0.2) is 5.91 Å².